The fraction of sp³-hybridized carbons (Fsp3) is 0.212. The highest BCUT2D eigenvalue weighted by molar-refractivity contribution is 5.82. The van der Waals surface area contributed by atoms with Crippen LogP contribution in [0.1, 0.15) is 20.8 Å². The van der Waals surface area contributed by atoms with Crippen molar-refractivity contribution in [2.75, 3.05) is 6.54 Å². The van der Waals surface area contributed by atoms with E-state index < -0.39 is 12.2 Å². The molecule has 6 nitrogen and oxygen atoms in total. The molecule has 39 heavy (non-hydrogen) atoms. The minimum atomic E-state index is -0.688. The van der Waals surface area contributed by atoms with Crippen LogP contribution in [-0.4, -0.2) is 36.6 Å². The summed E-state index contributed by atoms with van der Waals surface area (Å²) in [5.41, 5.74) is 4.39. The topological polar surface area (TPSA) is 76.7 Å². The normalized spacial score (nSPS) is 13.0. The molecule has 0 bridgehead atoms. The van der Waals surface area contributed by atoms with Crippen LogP contribution >= 0.6 is 0 Å². The molecule has 0 radical (unpaired) electrons. The van der Waals surface area contributed by atoms with Crippen molar-refractivity contribution in [1.29, 1.82) is 0 Å². The Labute approximate surface area is 230 Å². The van der Waals surface area contributed by atoms with E-state index in [0.717, 1.165) is 22.3 Å². The summed E-state index contributed by atoms with van der Waals surface area (Å²) in [5, 5.41) is 5.72. The van der Waals surface area contributed by atoms with Crippen LogP contribution in [0.5, 0.6) is 11.5 Å². The summed E-state index contributed by atoms with van der Waals surface area (Å²) in [6.07, 6.45) is -1.37. The molecule has 2 amide bonds. The largest absolute Gasteiger partial charge is 0.481 e. The van der Waals surface area contributed by atoms with Crippen LogP contribution in [0, 0.1) is 0 Å². The zero-order valence-corrected chi connectivity index (χ0v) is 22.5. The Bertz CT molecular complexity index is 1340. The predicted octanol–water partition coefficient (Wildman–Crippen LogP) is 5.88. The van der Waals surface area contributed by atoms with E-state index in [4.69, 9.17) is 9.47 Å². The molecule has 0 saturated carbocycles. The summed E-state index contributed by atoms with van der Waals surface area (Å²) < 4.78 is 11.6. The van der Waals surface area contributed by atoms with E-state index in [9.17, 15) is 9.59 Å². The Morgan fingerprint density at radius 2 is 0.949 bits per heavy atom. The highest BCUT2D eigenvalue weighted by atomic mass is 16.5. The van der Waals surface area contributed by atoms with Crippen LogP contribution in [0.4, 0.5) is 0 Å². The minimum absolute atomic E-state index is 0.258. The molecular formula is C33H34N2O4. The number of ether oxygens (including phenoxy) is 2. The Morgan fingerprint density at radius 1 is 0.564 bits per heavy atom. The summed E-state index contributed by atoms with van der Waals surface area (Å²) in [6, 6.07) is 35.1. The Balaban J connectivity index is 1.19. The van der Waals surface area contributed by atoms with Crippen molar-refractivity contribution in [1.82, 2.24) is 10.6 Å². The highest BCUT2D eigenvalue weighted by Gasteiger charge is 2.19. The molecule has 4 aromatic rings. The smallest absolute Gasteiger partial charge is 0.261 e. The minimum Gasteiger partial charge on any atom is -0.481 e. The maximum absolute atomic E-state index is 12.6. The van der Waals surface area contributed by atoms with Crippen molar-refractivity contribution >= 4 is 11.8 Å². The highest BCUT2D eigenvalue weighted by Crippen LogP contribution is 2.24. The van der Waals surface area contributed by atoms with E-state index in [2.05, 4.69) is 10.6 Å². The van der Waals surface area contributed by atoms with Crippen LogP contribution in [0.25, 0.3) is 22.3 Å². The van der Waals surface area contributed by atoms with Gasteiger partial charge in [0.05, 0.1) is 0 Å². The van der Waals surface area contributed by atoms with Crippen LogP contribution in [-0.2, 0) is 9.59 Å². The van der Waals surface area contributed by atoms with Crippen molar-refractivity contribution < 1.29 is 19.1 Å². The monoisotopic (exact) mass is 522 g/mol. The first-order chi connectivity index (χ1) is 18.9. The van der Waals surface area contributed by atoms with Gasteiger partial charge in [0.25, 0.3) is 11.8 Å². The van der Waals surface area contributed by atoms with E-state index >= 15 is 0 Å². The maximum atomic E-state index is 12.6. The second-order valence-electron chi connectivity index (χ2n) is 9.46. The molecule has 200 valence electrons. The van der Waals surface area contributed by atoms with Crippen molar-refractivity contribution in [2.45, 2.75) is 39.0 Å². The SMILES string of the molecule is C[C@@H](CNC(=O)[C@@H](C)Oc1ccc(-c2ccccc2)cc1)NC(=O)[C@@H](C)Oc1ccc(-c2ccccc2)cc1. The van der Waals surface area contributed by atoms with E-state index in [1.54, 1.807) is 13.8 Å². The Kier molecular flexibility index (Phi) is 9.35. The molecule has 0 heterocycles. The number of rotatable bonds is 11. The first kappa shape index (κ1) is 27.5. The first-order valence-corrected chi connectivity index (χ1v) is 13.1. The number of hydrogen-bond donors (Lipinski definition) is 2. The fourth-order valence-corrected chi connectivity index (χ4v) is 4.04. The lowest BCUT2D eigenvalue weighted by atomic mass is 10.1. The van der Waals surface area contributed by atoms with Crippen molar-refractivity contribution in [2.24, 2.45) is 0 Å². The molecule has 0 aromatic heterocycles. The number of carbonyl (C=O) groups excluding carboxylic acids is 2. The molecule has 0 aliphatic carbocycles. The lowest BCUT2D eigenvalue weighted by Gasteiger charge is -2.20. The van der Waals surface area contributed by atoms with Crippen LogP contribution in [0.15, 0.2) is 109 Å². The third-order valence-corrected chi connectivity index (χ3v) is 6.26. The molecule has 0 aliphatic rings. The van der Waals surface area contributed by atoms with Gasteiger partial charge < -0.3 is 20.1 Å². The number of nitrogens with one attached hydrogen (secondary N) is 2. The lowest BCUT2D eigenvalue weighted by Crippen LogP contribution is -2.48. The summed E-state index contributed by atoms with van der Waals surface area (Å²) >= 11 is 0. The molecule has 0 spiro atoms. The van der Waals surface area contributed by atoms with Crippen molar-refractivity contribution in [3.8, 4) is 33.8 Å². The Morgan fingerprint density at radius 3 is 1.38 bits per heavy atom. The molecule has 3 atom stereocenters. The molecule has 0 unspecified atom stereocenters. The summed E-state index contributed by atoms with van der Waals surface area (Å²) in [6.45, 7) is 5.49. The van der Waals surface area contributed by atoms with Crippen LogP contribution < -0.4 is 20.1 Å². The molecule has 6 heteroatoms. The second-order valence-corrected chi connectivity index (χ2v) is 9.46. The summed E-state index contributed by atoms with van der Waals surface area (Å²) in [4.78, 5) is 25.2. The maximum Gasteiger partial charge on any atom is 0.261 e. The van der Waals surface area contributed by atoms with Gasteiger partial charge in [-0.15, -0.1) is 0 Å². The predicted molar refractivity (Wildman–Crippen MR) is 155 cm³/mol. The van der Waals surface area contributed by atoms with E-state index in [1.165, 1.54) is 0 Å². The van der Waals surface area contributed by atoms with E-state index in [-0.39, 0.29) is 24.4 Å². The average molecular weight is 523 g/mol. The quantitative estimate of drug-likeness (QED) is 0.258. The average Bonchev–Trinajstić information content (AvgIpc) is 2.97. The molecule has 0 fully saturated rings. The number of amides is 2. The third kappa shape index (κ3) is 7.95. The standard InChI is InChI=1S/C33H34N2O4/c1-23(35-33(37)25(3)39-31-20-16-29(17-21-31)27-12-8-5-9-13-27)22-34-32(36)24(2)38-30-18-14-28(15-19-30)26-10-6-4-7-11-26/h4-21,23-25H,22H2,1-3H3,(H,34,36)(H,35,37)/t23-,24+,25+/m0/s1. The van der Waals surface area contributed by atoms with Gasteiger partial charge in [-0.3, -0.25) is 9.59 Å². The summed E-state index contributed by atoms with van der Waals surface area (Å²) in [5.74, 6) is 0.709. The number of hydrogen-bond acceptors (Lipinski definition) is 4. The first-order valence-electron chi connectivity index (χ1n) is 13.1. The van der Waals surface area contributed by atoms with Crippen molar-refractivity contribution in [3.63, 3.8) is 0 Å². The van der Waals surface area contributed by atoms with Gasteiger partial charge >= 0.3 is 0 Å². The molecule has 4 rings (SSSR count). The molecule has 0 saturated heterocycles. The van der Waals surface area contributed by atoms with E-state index in [1.807, 2.05) is 116 Å². The molecule has 4 aromatic carbocycles. The van der Waals surface area contributed by atoms with Gasteiger partial charge in [0.1, 0.15) is 11.5 Å². The fourth-order valence-electron chi connectivity index (χ4n) is 4.04. The van der Waals surface area contributed by atoms with Gasteiger partial charge in [0.2, 0.25) is 0 Å². The molecular weight excluding hydrogens is 488 g/mol. The molecule has 2 N–H and O–H groups in total. The van der Waals surface area contributed by atoms with Gasteiger partial charge in [-0.05, 0) is 67.3 Å². The van der Waals surface area contributed by atoms with Gasteiger partial charge in [-0.25, -0.2) is 0 Å². The van der Waals surface area contributed by atoms with Gasteiger partial charge in [0.15, 0.2) is 12.2 Å². The Hall–Kier alpha value is -4.58. The lowest BCUT2D eigenvalue weighted by molar-refractivity contribution is -0.129. The second kappa shape index (κ2) is 13.3. The van der Waals surface area contributed by atoms with Crippen LogP contribution in [0.3, 0.4) is 0 Å². The summed E-state index contributed by atoms with van der Waals surface area (Å²) in [7, 11) is 0. The third-order valence-electron chi connectivity index (χ3n) is 6.26. The van der Waals surface area contributed by atoms with Gasteiger partial charge in [0, 0.05) is 12.6 Å². The zero-order valence-electron chi connectivity index (χ0n) is 22.5. The van der Waals surface area contributed by atoms with Gasteiger partial charge in [-0.2, -0.15) is 0 Å². The molecule has 0 aliphatic heterocycles. The number of carbonyl (C=O) groups is 2. The van der Waals surface area contributed by atoms with E-state index in [0.29, 0.717) is 11.5 Å². The van der Waals surface area contributed by atoms with Crippen LogP contribution in [0.2, 0.25) is 0 Å². The zero-order chi connectivity index (χ0) is 27.6. The number of benzene rings is 4. The van der Waals surface area contributed by atoms with Crippen molar-refractivity contribution in [3.05, 3.63) is 109 Å². The van der Waals surface area contributed by atoms with Gasteiger partial charge in [-0.1, -0.05) is 84.9 Å².